The third kappa shape index (κ3) is 7.59. The number of hydrogen-bond donors (Lipinski definition) is 2. The predicted octanol–water partition coefficient (Wildman–Crippen LogP) is -5.62. The number of phosphoric acid groups is 1. The summed E-state index contributed by atoms with van der Waals surface area (Å²) < 4.78 is 12.8. The quantitative estimate of drug-likeness (QED) is 0.232. The Labute approximate surface area is 72.8 Å². The van der Waals surface area contributed by atoms with E-state index in [1.807, 2.05) is 0 Å². The van der Waals surface area contributed by atoms with Gasteiger partial charge in [0.1, 0.15) is 0 Å². The SMILES string of the molecule is O=C([O-])C(=O)OP(=O)(O)O.[Li+]. The normalized spacial score (nSPS) is 9.64. The van der Waals surface area contributed by atoms with Crippen LogP contribution >= 0.6 is 7.82 Å². The first-order chi connectivity index (χ1) is 4.33. The summed E-state index contributed by atoms with van der Waals surface area (Å²) in [6.07, 6.45) is 0. The maximum absolute atomic E-state index is 9.78. The molecule has 0 bridgehead atoms. The Morgan fingerprint density at radius 1 is 1.36 bits per heavy atom. The molecule has 0 unspecified atom stereocenters. The fourth-order valence-corrected chi connectivity index (χ4v) is 0.436. The van der Waals surface area contributed by atoms with Gasteiger partial charge in [0, 0.05) is 0 Å². The molecule has 0 aliphatic rings. The first kappa shape index (κ1) is 13.3. The minimum Gasteiger partial charge on any atom is -0.539 e. The maximum atomic E-state index is 9.78. The van der Waals surface area contributed by atoms with E-state index in [0.717, 1.165) is 0 Å². The zero-order valence-electron chi connectivity index (χ0n) is 5.38. The molecule has 0 aromatic carbocycles. The van der Waals surface area contributed by atoms with Gasteiger partial charge < -0.3 is 14.4 Å². The number of rotatable bonds is 1. The number of carbonyl (C=O) groups excluding carboxylic acids is 2. The average molecular weight is 176 g/mol. The van der Waals surface area contributed by atoms with Crippen molar-refractivity contribution < 1.29 is 52.4 Å². The van der Waals surface area contributed by atoms with Gasteiger partial charge in [-0.25, -0.2) is 9.36 Å². The maximum Gasteiger partial charge on any atom is 1.00 e. The Morgan fingerprint density at radius 3 is 1.82 bits per heavy atom. The van der Waals surface area contributed by atoms with E-state index < -0.39 is 19.8 Å². The summed E-state index contributed by atoms with van der Waals surface area (Å²) in [7, 11) is -5.05. The molecule has 0 rings (SSSR count). The molecular weight excluding hydrogens is 174 g/mol. The largest absolute Gasteiger partial charge is 1.00 e. The molecular formula is C2H2LiO7P. The first-order valence-corrected chi connectivity index (χ1v) is 3.36. The number of aliphatic carboxylic acids is 1. The second kappa shape index (κ2) is 4.54. The summed E-state index contributed by atoms with van der Waals surface area (Å²) in [6, 6.07) is 0. The third-order valence-electron chi connectivity index (χ3n) is 0.368. The molecule has 0 saturated carbocycles. The minimum atomic E-state index is -5.05. The van der Waals surface area contributed by atoms with Crippen LogP contribution in [0.3, 0.4) is 0 Å². The van der Waals surface area contributed by atoms with Crippen LogP contribution in [0.25, 0.3) is 0 Å². The van der Waals surface area contributed by atoms with Crippen LogP contribution in [0.4, 0.5) is 0 Å². The standard InChI is InChI=1S/C2H3O7P.Li/c3-1(4)2(5)9-10(6,7)8;/h(H,3,4)(H2,6,7,8);/q;+1/p-1. The predicted molar refractivity (Wildman–Crippen MR) is 23.1 cm³/mol. The molecule has 0 heterocycles. The topological polar surface area (TPSA) is 124 Å². The van der Waals surface area contributed by atoms with Crippen molar-refractivity contribution in [2.75, 3.05) is 0 Å². The number of hydrogen-bond acceptors (Lipinski definition) is 5. The van der Waals surface area contributed by atoms with Crippen molar-refractivity contribution >= 4 is 19.8 Å². The minimum absolute atomic E-state index is 0. The zero-order chi connectivity index (χ0) is 8.36. The van der Waals surface area contributed by atoms with Gasteiger partial charge in [0.05, 0.1) is 0 Å². The molecule has 7 nitrogen and oxygen atoms in total. The number of carbonyl (C=O) groups is 2. The van der Waals surface area contributed by atoms with E-state index in [9.17, 15) is 19.3 Å². The van der Waals surface area contributed by atoms with Crippen LogP contribution in [0.5, 0.6) is 0 Å². The summed E-state index contributed by atoms with van der Waals surface area (Å²) >= 11 is 0. The van der Waals surface area contributed by atoms with Gasteiger partial charge in [-0.3, -0.25) is 9.79 Å². The third-order valence-corrected chi connectivity index (χ3v) is 0.772. The van der Waals surface area contributed by atoms with Crippen LogP contribution < -0.4 is 24.0 Å². The van der Waals surface area contributed by atoms with Crippen molar-refractivity contribution in [1.82, 2.24) is 0 Å². The Morgan fingerprint density at radius 2 is 1.73 bits per heavy atom. The van der Waals surface area contributed by atoms with E-state index in [0.29, 0.717) is 0 Å². The van der Waals surface area contributed by atoms with Crippen molar-refractivity contribution in [2.45, 2.75) is 0 Å². The van der Waals surface area contributed by atoms with Crippen LogP contribution in [-0.4, -0.2) is 21.7 Å². The van der Waals surface area contributed by atoms with Crippen molar-refractivity contribution in [1.29, 1.82) is 0 Å². The van der Waals surface area contributed by atoms with Crippen molar-refractivity contribution in [3.05, 3.63) is 0 Å². The molecule has 0 aliphatic carbocycles. The van der Waals surface area contributed by atoms with Crippen LogP contribution in [0, 0.1) is 0 Å². The van der Waals surface area contributed by atoms with Crippen molar-refractivity contribution in [3.63, 3.8) is 0 Å². The van der Waals surface area contributed by atoms with Gasteiger partial charge in [-0.15, -0.1) is 0 Å². The van der Waals surface area contributed by atoms with Crippen molar-refractivity contribution in [3.8, 4) is 0 Å². The monoisotopic (exact) mass is 176 g/mol. The second-order valence-corrected chi connectivity index (χ2v) is 2.32. The van der Waals surface area contributed by atoms with E-state index in [2.05, 4.69) is 4.52 Å². The molecule has 0 aromatic heterocycles. The fraction of sp³-hybridized carbons (Fsp3) is 0. The molecule has 0 aliphatic heterocycles. The van der Waals surface area contributed by atoms with Gasteiger partial charge >= 0.3 is 32.7 Å². The van der Waals surface area contributed by atoms with E-state index >= 15 is 0 Å². The van der Waals surface area contributed by atoms with Gasteiger partial charge in [-0.1, -0.05) is 0 Å². The molecule has 0 saturated heterocycles. The van der Waals surface area contributed by atoms with Crippen LogP contribution in [0.15, 0.2) is 0 Å². The van der Waals surface area contributed by atoms with E-state index in [1.54, 1.807) is 0 Å². The molecule has 0 aromatic rings. The second-order valence-electron chi connectivity index (χ2n) is 1.16. The molecule has 9 heteroatoms. The summed E-state index contributed by atoms with van der Waals surface area (Å²) in [6.45, 7) is 0. The molecule has 58 valence electrons. The Balaban J connectivity index is 0. The van der Waals surface area contributed by atoms with Crippen LogP contribution in [0.1, 0.15) is 0 Å². The fourth-order valence-electron chi connectivity index (χ4n) is 0.145. The van der Waals surface area contributed by atoms with Gasteiger partial charge in [0.15, 0.2) is 5.97 Å². The summed E-state index contributed by atoms with van der Waals surface area (Å²) in [5, 5.41) is 9.45. The van der Waals surface area contributed by atoms with Gasteiger partial charge in [-0.2, -0.15) is 0 Å². The zero-order valence-corrected chi connectivity index (χ0v) is 6.28. The molecule has 11 heavy (non-hydrogen) atoms. The van der Waals surface area contributed by atoms with E-state index in [4.69, 9.17) is 9.79 Å². The summed E-state index contributed by atoms with van der Waals surface area (Å²) in [5.41, 5.74) is 0. The van der Waals surface area contributed by atoms with Gasteiger partial charge in [-0.05, 0) is 0 Å². The van der Waals surface area contributed by atoms with Gasteiger partial charge in [0.2, 0.25) is 0 Å². The van der Waals surface area contributed by atoms with Crippen LogP contribution in [0.2, 0.25) is 0 Å². The Bertz CT molecular complexity index is 204. The summed E-state index contributed by atoms with van der Waals surface area (Å²) in [4.78, 5) is 34.9. The molecule has 0 atom stereocenters. The Hall–Kier alpha value is -0.313. The number of carboxylic acids is 1. The van der Waals surface area contributed by atoms with E-state index in [1.165, 1.54) is 0 Å². The molecule has 0 radical (unpaired) electrons. The van der Waals surface area contributed by atoms with E-state index in [-0.39, 0.29) is 18.9 Å². The molecule has 0 fully saturated rings. The molecule has 2 N–H and O–H groups in total. The van der Waals surface area contributed by atoms with Gasteiger partial charge in [0.25, 0.3) is 0 Å². The smallest absolute Gasteiger partial charge is 0.539 e. The first-order valence-electron chi connectivity index (χ1n) is 1.83. The van der Waals surface area contributed by atoms with Crippen LogP contribution in [-0.2, 0) is 18.7 Å². The Kier molecular flexibility index (Phi) is 5.49. The molecule has 0 spiro atoms. The number of carboxylic acid groups (broad SMARTS) is 1. The van der Waals surface area contributed by atoms with Crippen molar-refractivity contribution in [2.24, 2.45) is 0 Å². The average Bonchev–Trinajstić information content (AvgIpc) is 1.60. The molecule has 0 amide bonds. The summed E-state index contributed by atoms with van der Waals surface area (Å²) in [5.74, 6) is -4.39. The number of phosphoric ester groups is 1.